The van der Waals surface area contributed by atoms with Crippen molar-refractivity contribution in [3.63, 3.8) is 0 Å². The number of aliphatic imine (C=N–C) groups is 1. The first-order valence-corrected chi connectivity index (χ1v) is 13.4. The van der Waals surface area contributed by atoms with E-state index >= 15 is 4.39 Å². The molecule has 0 aliphatic carbocycles. The minimum atomic E-state index is -1.30. The number of nitrogens with one attached hydrogen (secondary N) is 1. The number of aromatic amines is 1. The van der Waals surface area contributed by atoms with Crippen LogP contribution in [0.25, 0.3) is 0 Å². The summed E-state index contributed by atoms with van der Waals surface area (Å²) in [6.45, 7) is 2.71. The van der Waals surface area contributed by atoms with Crippen molar-refractivity contribution in [3.05, 3.63) is 75.8 Å². The van der Waals surface area contributed by atoms with Crippen LogP contribution in [0.15, 0.2) is 62.4 Å². The molecule has 1 aliphatic rings. The van der Waals surface area contributed by atoms with Crippen LogP contribution in [-0.4, -0.2) is 68.4 Å². The van der Waals surface area contributed by atoms with Crippen LogP contribution in [-0.2, 0) is 4.74 Å². The molecule has 0 bridgehead atoms. The number of carbonyl (C=O) groups is 1. The van der Waals surface area contributed by atoms with Crippen molar-refractivity contribution in [2.24, 2.45) is 4.99 Å². The van der Waals surface area contributed by atoms with Gasteiger partial charge < -0.3 is 24.2 Å². The number of phenols is 1. The lowest BCUT2D eigenvalue weighted by atomic mass is 10.1. The maximum absolute atomic E-state index is 15.5. The van der Waals surface area contributed by atoms with E-state index in [4.69, 9.17) is 19.5 Å². The molecule has 1 aliphatic heterocycles. The summed E-state index contributed by atoms with van der Waals surface area (Å²) < 4.78 is 46.8. The van der Waals surface area contributed by atoms with Gasteiger partial charge in [-0.2, -0.15) is 9.65 Å². The number of hydrogen-bond donors (Lipinski definition) is 2. The number of amidine groups is 1. The number of H-pyrrole nitrogens is 1. The minimum absolute atomic E-state index is 0.0340. The summed E-state index contributed by atoms with van der Waals surface area (Å²) in [6, 6.07) is 10.2. The van der Waals surface area contributed by atoms with Crippen molar-refractivity contribution in [3.8, 4) is 34.9 Å². The molecule has 13 nitrogen and oxygen atoms in total. The summed E-state index contributed by atoms with van der Waals surface area (Å²) in [7, 11) is 1.79. The van der Waals surface area contributed by atoms with E-state index in [1.165, 1.54) is 24.3 Å². The number of likely N-dealkylation sites (N-methyl/N-ethyl adjacent to an activating group) is 1. The van der Waals surface area contributed by atoms with E-state index < -0.39 is 40.8 Å². The Morgan fingerprint density at radius 1 is 1.21 bits per heavy atom. The van der Waals surface area contributed by atoms with Gasteiger partial charge in [-0.3, -0.25) is 9.98 Å². The van der Waals surface area contributed by atoms with Gasteiger partial charge in [-0.1, -0.05) is 0 Å². The van der Waals surface area contributed by atoms with Crippen LogP contribution in [0.2, 0.25) is 0 Å². The number of rotatable bonds is 8. The second-order valence-corrected chi connectivity index (χ2v) is 9.85. The normalized spacial score (nSPS) is 12.5. The largest absolute Gasteiger partial charge is 0.504 e. The highest BCUT2D eigenvalue weighted by Gasteiger charge is 2.25. The molecule has 2 aromatic heterocycles. The standard InChI is InChI=1S/C27H21F2N7O6S/c1-3-40-27(39)36-26(38)33-25(34-36)43-15-5-7-19(16(11-15)23-31-8-9-35(23)2)41-22-17(28)13-32-24(21(22)29)42-20-10-14(12-30)4-6-18(20)37/h4-7,10-11,13,37H,3,8-9H2,1-2H3,(H,33,34,38). The third kappa shape index (κ3) is 6.11. The SMILES string of the molecule is CCOC(=O)n1nc(Sc2ccc(Oc3c(F)cnc(Oc4cc(C#N)ccc4O)c3F)c(C3=NCCN3C)c2)[nH]c1=O. The number of benzene rings is 2. The monoisotopic (exact) mass is 609 g/mol. The van der Waals surface area contributed by atoms with E-state index in [-0.39, 0.29) is 28.8 Å². The quantitative estimate of drug-likeness (QED) is 0.293. The number of ether oxygens (including phenoxy) is 3. The molecule has 0 fully saturated rings. The summed E-state index contributed by atoms with van der Waals surface area (Å²) in [5.41, 5.74) is -0.280. The fourth-order valence-corrected chi connectivity index (χ4v) is 4.70. The molecule has 2 aromatic carbocycles. The Morgan fingerprint density at radius 2 is 2.02 bits per heavy atom. The van der Waals surface area contributed by atoms with E-state index in [0.717, 1.165) is 11.8 Å². The lowest BCUT2D eigenvalue weighted by Crippen LogP contribution is -2.26. The molecule has 0 radical (unpaired) electrons. The molecule has 3 heterocycles. The third-order valence-corrected chi connectivity index (χ3v) is 6.78. The fraction of sp³-hybridized carbons (Fsp3) is 0.185. The Balaban J connectivity index is 1.48. The van der Waals surface area contributed by atoms with Crippen molar-refractivity contribution in [2.75, 3.05) is 26.7 Å². The van der Waals surface area contributed by atoms with Gasteiger partial charge in [-0.05, 0) is 49.0 Å². The molecule has 0 spiro atoms. The molecule has 16 heteroatoms. The van der Waals surface area contributed by atoms with E-state index in [9.17, 15) is 19.1 Å². The van der Waals surface area contributed by atoms with Crippen molar-refractivity contribution < 1.29 is 32.9 Å². The summed E-state index contributed by atoms with van der Waals surface area (Å²) in [5, 5.41) is 23.2. The van der Waals surface area contributed by atoms with E-state index in [2.05, 4.69) is 20.1 Å². The van der Waals surface area contributed by atoms with Crippen molar-refractivity contribution in [1.82, 2.24) is 24.6 Å². The van der Waals surface area contributed by atoms with Crippen LogP contribution in [0.4, 0.5) is 13.6 Å². The minimum Gasteiger partial charge on any atom is -0.504 e. The molecule has 0 atom stereocenters. The first-order valence-electron chi connectivity index (χ1n) is 12.6. The predicted molar refractivity (Wildman–Crippen MR) is 147 cm³/mol. The Labute approximate surface area is 246 Å². The molecule has 0 unspecified atom stereocenters. The highest BCUT2D eigenvalue weighted by molar-refractivity contribution is 7.99. The maximum atomic E-state index is 15.5. The highest BCUT2D eigenvalue weighted by Crippen LogP contribution is 2.39. The second kappa shape index (κ2) is 12.2. The number of pyridine rings is 1. The molecular formula is C27H21F2N7O6S. The van der Waals surface area contributed by atoms with Crippen molar-refractivity contribution >= 4 is 23.7 Å². The summed E-state index contributed by atoms with van der Waals surface area (Å²) in [5.74, 6) is -4.11. The molecule has 4 aromatic rings. The molecular weight excluding hydrogens is 588 g/mol. The van der Waals surface area contributed by atoms with E-state index in [1.54, 1.807) is 26.1 Å². The number of hydrogen-bond acceptors (Lipinski definition) is 12. The van der Waals surface area contributed by atoms with Gasteiger partial charge in [0, 0.05) is 24.6 Å². The third-order valence-electron chi connectivity index (χ3n) is 5.91. The van der Waals surface area contributed by atoms with Gasteiger partial charge in [0.25, 0.3) is 5.88 Å². The van der Waals surface area contributed by atoms with Gasteiger partial charge in [0.05, 0.1) is 36.5 Å². The number of aromatic hydroxyl groups is 1. The molecule has 0 amide bonds. The number of aromatic nitrogens is 4. The number of carbonyl (C=O) groups excluding carboxylic acids is 1. The number of nitrogens with zero attached hydrogens (tertiary/aromatic N) is 6. The van der Waals surface area contributed by atoms with Gasteiger partial charge in [0.2, 0.25) is 11.6 Å². The number of halogens is 2. The van der Waals surface area contributed by atoms with E-state index in [0.29, 0.717) is 40.3 Å². The van der Waals surface area contributed by atoms with Gasteiger partial charge in [0.15, 0.2) is 22.5 Å². The van der Waals surface area contributed by atoms with Crippen molar-refractivity contribution in [1.29, 1.82) is 5.26 Å². The number of nitriles is 1. The molecule has 0 saturated carbocycles. The average molecular weight is 610 g/mol. The number of phenolic OH excluding ortho intramolecular Hbond substituents is 1. The summed E-state index contributed by atoms with van der Waals surface area (Å²) in [4.78, 5) is 37.0. The Kier molecular flexibility index (Phi) is 8.25. The molecule has 43 heavy (non-hydrogen) atoms. The lowest BCUT2D eigenvalue weighted by Gasteiger charge is -2.19. The Hall–Kier alpha value is -5.43. The predicted octanol–water partition coefficient (Wildman–Crippen LogP) is 4.25. The zero-order valence-electron chi connectivity index (χ0n) is 22.5. The van der Waals surface area contributed by atoms with Gasteiger partial charge in [-0.25, -0.2) is 19.0 Å². The van der Waals surface area contributed by atoms with Crippen LogP contribution < -0.4 is 15.2 Å². The second-order valence-electron chi connectivity index (χ2n) is 8.79. The fourth-order valence-electron chi connectivity index (χ4n) is 3.91. The first kappa shape index (κ1) is 29.1. The van der Waals surface area contributed by atoms with Gasteiger partial charge in [0.1, 0.15) is 11.6 Å². The lowest BCUT2D eigenvalue weighted by molar-refractivity contribution is 0.149. The maximum Gasteiger partial charge on any atom is 0.439 e. The molecule has 2 N–H and O–H groups in total. The van der Waals surface area contributed by atoms with Crippen LogP contribution in [0.3, 0.4) is 0 Å². The van der Waals surface area contributed by atoms with Gasteiger partial charge in [-0.15, -0.1) is 9.78 Å². The van der Waals surface area contributed by atoms with Gasteiger partial charge >= 0.3 is 11.8 Å². The zero-order valence-corrected chi connectivity index (χ0v) is 23.3. The Bertz CT molecular complexity index is 1850. The zero-order chi connectivity index (χ0) is 30.7. The van der Waals surface area contributed by atoms with Crippen LogP contribution in [0, 0.1) is 23.0 Å². The topological polar surface area (TPSA) is 168 Å². The highest BCUT2D eigenvalue weighted by atomic mass is 32.2. The van der Waals surface area contributed by atoms with E-state index in [1.807, 2.05) is 11.0 Å². The van der Waals surface area contributed by atoms with Crippen LogP contribution in [0.1, 0.15) is 18.1 Å². The van der Waals surface area contributed by atoms with Crippen molar-refractivity contribution in [2.45, 2.75) is 17.0 Å². The molecule has 220 valence electrons. The average Bonchev–Trinajstić information content (AvgIpc) is 3.58. The summed E-state index contributed by atoms with van der Waals surface area (Å²) in [6.07, 6.45) is -0.238. The molecule has 5 rings (SSSR count). The summed E-state index contributed by atoms with van der Waals surface area (Å²) >= 11 is 1.01. The smallest absolute Gasteiger partial charge is 0.439 e. The van der Waals surface area contributed by atoms with Crippen LogP contribution >= 0.6 is 11.8 Å². The van der Waals surface area contributed by atoms with Crippen LogP contribution in [0.5, 0.6) is 28.9 Å². The molecule has 0 saturated heterocycles. The Morgan fingerprint density at radius 3 is 2.74 bits per heavy atom. The first-order chi connectivity index (χ1) is 20.7.